The maximum absolute atomic E-state index is 14.1. The molecule has 0 aromatic heterocycles. The zero-order valence-electron chi connectivity index (χ0n) is 14.3. The molecule has 138 valence electrons. The lowest BCUT2D eigenvalue weighted by Crippen LogP contribution is -2.48. The Morgan fingerprint density at radius 1 is 1.19 bits per heavy atom. The van der Waals surface area contributed by atoms with E-state index in [1.54, 1.807) is 0 Å². The number of benzene rings is 2. The number of carbonyl (C=O) groups excluding carboxylic acids is 1. The van der Waals surface area contributed by atoms with Gasteiger partial charge in [-0.05, 0) is 12.1 Å². The van der Waals surface area contributed by atoms with Gasteiger partial charge < -0.3 is 19.1 Å². The van der Waals surface area contributed by atoms with E-state index in [0.29, 0.717) is 5.75 Å². The van der Waals surface area contributed by atoms with Crippen molar-refractivity contribution in [1.82, 2.24) is 4.90 Å². The third-order valence-corrected chi connectivity index (χ3v) is 4.07. The summed E-state index contributed by atoms with van der Waals surface area (Å²) in [5.41, 5.74) is -0.588. The highest BCUT2D eigenvalue weighted by molar-refractivity contribution is 5.95. The fourth-order valence-electron chi connectivity index (χ4n) is 2.74. The molecule has 26 heavy (non-hydrogen) atoms. The summed E-state index contributed by atoms with van der Waals surface area (Å²) in [5, 5.41) is 0. The van der Waals surface area contributed by atoms with Gasteiger partial charge in [-0.1, -0.05) is 18.2 Å². The number of ether oxygens (including phenoxy) is 3. The van der Waals surface area contributed by atoms with Crippen LogP contribution in [0.1, 0.15) is 10.4 Å². The monoisotopic (exact) mass is 363 g/mol. The molecule has 0 saturated carbocycles. The Morgan fingerprint density at radius 2 is 1.88 bits per heavy atom. The number of carbonyl (C=O) groups is 1. The molecule has 2 aromatic carbocycles. The van der Waals surface area contributed by atoms with Crippen LogP contribution >= 0.6 is 0 Å². The van der Waals surface area contributed by atoms with Gasteiger partial charge in [-0.25, -0.2) is 8.78 Å². The van der Waals surface area contributed by atoms with Crippen LogP contribution in [0.4, 0.5) is 8.78 Å². The predicted octanol–water partition coefficient (Wildman–Crippen LogP) is 2.89. The Labute approximate surface area is 150 Å². The van der Waals surface area contributed by atoms with Crippen LogP contribution in [0.2, 0.25) is 0 Å². The zero-order chi connectivity index (χ0) is 18.5. The summed E-state index contributed by atoms with van der Waals surface area (Å²) in [4.78, 5) is 13.9. The maximum Gasteiger partial charge on any atom is 0.260 e. The van der Waals surface area contributed by atoms with Gasteiger partial charge in [-0.2, -0.15) is 0 Å². The molecule has 1 atom stereocenters. The van der Waals surface area contributed by atoms with Gasteiger partial charge in [0.05, 0.1) is 20.3 Å². The highest BCUT2D eigenvalue weighted by Crippen LogP contribution is 2.23. The molecule has 0 aliphatic carbocycles. The number of amides is 1. The van der Waals surface area contributed by atoms with Crippen LogP contribution in [0.3, 0.4) is 0 Å². The van der Waals surface area contributed by atoms with Gasteiger partial charge in [-0.15, -0.1) is 0 Å². The molecule has 1 amide bonds. The molecule has 0 bridgehead atoms. The second kappa shape index (κ2) is 8.14. The fourth-order valence-corrected chi connectivity index (χ4v) is 2.74. The first-order valence-corrected chi connectivity index (χ1v) is 8.20. The summed E-state index contributed by atoms with van der Waals surface area (Å²) in [6.45, 7) is 0.956. The summed E-state index contributed by atoms with van der Waals surface area (Å²) >= 11 is 0. The van der Waals surface area contributed by atoms with Crippen molar-refractivity contribution in [2.24, 2.45) is 0 Å². The number of hydrogen-bond donors (Lipinski definition) is 0. The molecule has 1 aliphatic heterocycles. The molecule has 3 rings (SSSR count). The van der Waals surface area contributed by atoms with Gasteiger partial charge in [0.2, 0.25) is 0 Å². The predicted molar refractivity (Wildman–Crippen MR) is 90.5 cm³/mol. The van der Waals surface area contributed by atoms with Gasteiger partial charge in [0.15, 0.2) is 0 Å². The molecule has 0 spiro atoms. The minimum absolute atomic E-state index is 0.0210. The molecule has 1 saturated heterocycles. The van der Waals surface area contributed by atoms with Crippen molar-refractivity contribution < 1.29 is 27.8 Å². The van der Waals surface area contributed by atoms with Crippen molar-refractivity contribution in [2.75, 3.05) is 33.4 Å². The second-order valence-corrected chi connectivity index (χ2v) is 5.83. The number of nitrogens with zero attached hydrogens (tertiary/aromatic N) is 1. The number of rotatable bonds is 5. The molecule has 1 heterocycles. The van der Waals surface area contributed by atoms with Gasteiger partial charge in [0.1, 0.15) is 41.4 Å². The van der Waals surface area contributed by atoms with E-state index in [1.807, 2.05) is 30.3 Å². The van der Waals surface area contributed by atoms with Gasteiger partial charge >= 0.3 is 0 Å². The number of para-hydroxylation sites is 1. The summed E-state index contributed by atoms with van der Waals surface area (Å²) in [6.07, 6.45) is -0.378. The van der Waals surface area contributed by atoms with Crippen molar-refractivity contribution in [3.8, 4) is 11.5 Å². The Bertz CT molecular complexity index is 746. The Hall–Kier alpha value is -2.67. The minimum atomic E-state index is -0.949. The standard InChI is InChI=1S/C19H19F2NO4/c1-24-14-9-16(20)18(17(21)10-14)19(23)22-7-8-25-15(11-22)12-26-13-5-3-2-4-6-13/h2-6,9-10,15H,7-8,11-12H2,1H3. The quantitative estimate of drug-likeness (QED) is 0.820. The van der Waals surface area contributed by atoms with Gasteiger partial charge in [0, 0.05) is 18.7 Å². The molecular weight excluding hydrogens is 344 g/mol. The van der Waals surface area contributed by atoms with Crippen molar-refractivity contribution >= 4 is 5.91 Å². The average Bonchev–Trinajstić information content (AvgIpc) is 2.66. The molecule has 1 unspecified atom stereocenters. The molecule has 2 aromatic rings. The normalized spacial score (nSPS) is 17.0. The first-order valence-electron chi connectivity index (χ1n) is 8.20. The summed E-state index contributed by atoms with van der Waals surface area (Å²) < 4.78 is 44.3. The van der Waals surface area contributed by atoms with E-state index >= 15 is 0 Å². The Morgan fingerprint density at radius 3 is 2.54 bits per heavy atom. The molecule has 0 N–H and O–H groups in total. The van der Waals surface area contributed by atoms with Crippen LogP contribution in [0.15, 0.2) is 42.5 Å². The number of methoxy groups -OCH3 is 1. The lowest BCUT2D eigenvalue weighted by atomic mass is 10.1. The van der Waals surface area contributed by atoms with Crippen molar-refractivity contribution in [1.29, 1.82) is 0 Å². The SMILES string of the molecule is COc1cc(F)c(C(=O)N2CCOC(COc3ccccc3)C2)c(F)c1. The fraction of sp³-hybridized carbons (Fsp3) is 0.316. The molecular formula is C19H19F2NO4. The van der Waals surface area contributed by atoms with Crippen LogP contribution in [0.25, 0.3) is 0 Å². The third-order valence-electron chi connectivity index (χ3n) is 4.07. The molecule has 0 radical (unpaired) electrons. The lowest BCUT2D eigenvalue weighted by molar-refractivity contribution is -0.0403. The zero-order valence-corrected chi connectivity index (χ0v) is 14.3. The van der Waals surface area contributed by atoms with E-state index in [2.05, 4.69) is 0 Å². The van der Waals surface area contributed by atoms with Crippen LogP contribution < -0.4 is 9.47 Å². The topological polar surface area (TPSA) is 48.0 Å². The molecule has 7 heteroatoms. The Balaban J connectivity index is 1.66. The average molecular weight is 363 g/mol. The number of morpholine rings is 1. The van der Waals surface area contributed by atoms with E-state index in [-0.39, 0.29) is 38.2 Å². The molecule has 5 nitrogen and oxygen atoms in total. The van der Waals surface area contributed by atoms with Crippen molar-refractivity contribution in [3.63, 3.8) is 0 Å². The van der Waals surface area contributed by atoms with E-state index < -0.39 is 23.1 Å². The van der Waals surface area contributed by atoms with Gasteiger partial charge in [0.25, 0.3) is 5.91 Å². The summed E-state index contributed by atoms with van der Waals surface area (Å²) in [5.74, 6) is -1.90. The highest BCUT2D eigenvalue weighted by atomic mass is 19.1. The van der Waals surface area contributed by atoms with Crippen LogP contribution in [0.5, 0.6) is 11.5 Å². The van der Waals surface area contributed by atoms with E-state index in [1.165, 1.54) is 12.0 Å². The third kappa shape index (κ3) is 4.11. The molecule has 1 fully saturated rings. The maximum atomic E-state index is 14.1. The van der Waals surface area contributed by atoms with Crippen molar-refractivity contribution in [2.45, 2.75) is 6.10 Å². The summed E-state index contributed by atoms with van der Waals surface area (Å²) in [7, 11) is 1.30. The van der Waals surface area contributed by atoms with E-state index in [4.69, 9.17) is 14.2 Å². The first kappa shape index (κ1) is 18.1. The Kier molecular flexibility index (Phi) is 5.68. The van der Waals surface area contributed by atoms with Gasteiger partial charge in [-0.3, -0.25) is 4.79 Å². The van der Waals surface area contributed by atoms with E-state index in [0.717, 1.165) is 12.1 Å². The smallest absolute Gasteiger partial charge is 0.260 e. The van der Waals surface area contributed by atoms with Crippen molar-refractivity contribution in [3.05, 3.63) is 59.7 Å². The first-order chi connectivity index (χ1) is 12.6. The number of hydrogen-bond acceptors (Lipinski definition) is 4. The lowest BCUT2D eigenvalue weighted by Gasteiger charge is -2.33. The van der Waals surface area contributed by atoms with Crippen LogP contribution in [0, 0.1) is 11.6 Å². The minimum Gasteiger partial charge on any atom is -0.497 e. The summed E-state index contributed by atoms with van der Waals surface area (Å²) in [6, 6.07) is 11.2. The second-order valence-electron chi connectivity index (χ2n) is 5.83. The van der Waals surface area contributed by atoms with E-state index in [9.17, 15) is 13.6 Å². The van der Waals surface area contributed by atoms with Crippen LogP contribution in [-0.4, -0.2) is 50.3 Å². The van der Waals surface area contributed by atoms with Crippen LogP contribution in [-0.2, 0) is 4.74 Å². The number of halogens is 2. The molecule has 1 aliphatic rings. The highest BCUT2D eigenvalue weighted by Gasteiger charge is 2.29. The largest absolute Gasteiger partial charge is 0.497 e.